The van der Waals surface area contributed by atoms with Crippen LogP contribution in [-0.4, -0.2) is 67.3 Å². The van der Waals surface area contributed by atoms with Gasteiger partial charge in [0.25, 0.3) is 11.8 Å². The molecule has 1 fully saturated rings. The fraction of sp³-hybridized carbons (Fsp3) is 0.300. The molecule has 0 radical (unpaired) electrons. The van der Waals surface area contributed by atoms with Crippen molar-refractivity contribution >= 4 is 18.0 Å². The van der Waals surface area contributed by atoms with Gasteiger partial charge >= 0.3 is 0 Å². The van der Waals surface area contributed by atoms with Gasteiger partial charge in [0.05, 0.1) is 19.4 Å². The van der Waals surface area contributed by atoms with Crippen LogP contribution in [0.5, 0.6) is 5.75 Å². The second kappa shape index (κ2) is 12.5. The van der Waals surface area contributed by atoms with Crippen LogP contribution in [-0.2, 0) is 29.0 Å². The minimum absolute atomic E-state index is 0.00568. The number of amides is 2. The van der Waals surface area contributed by atoms with Crippen molar-refractivity contribution in [1.82, 2.24) is 15.2 Å². The van der Waals surface area contributed by atoms with E-state index >= 15 is 0 Å². The van der Waals surface area contributed by atoms with Gasteiger partial charge in [-0.1, -0.05) is 36.4 Å². The molecule has 1 saturated heterocycles. The molecular formula is C30H32N4O4. The van der Waals surface area contributed by atoms with Crippen LogP contribution in [0.15, 0.2) is 77.9 Å². The number of benzene rings is 3. The van der Waals surface area contributed by atoms with Gasteiger partial charge in [-0.3, -0.25) is 14.5 Å². The van der Waals surface area contributed by atoms with Crippen molar-refractivity contribution in [3.8, 4) is 5.75 Å². The van der Waals surface area contributed by atoms with Crippen molar-refractivity contribution in [3.05, 3.63) is 101 Å². The van der Waals surface area contributed by atoms with Crippen molar-refractivity contribution in [2.24, 2.45) is 5.10 Å². The maximum absolute atomic E-state index is 12.5. The molecular weight excluding hydrogens is 480 g/mol. The second-order valence-electron chi connectivity index (χ2n) is 9.48. The largest absolute Gasteiger partial charge is 0.484 e. The normalized spacial score (nSPS) is 15.7. The number of hydrogen-bond acceptors (Lipinski definition) is 6. The number of carbonyl (C=O) groups is 2. The standard InChI is InChI=1S/C30H32N4O4/c35-29(34-15-17-37-18-16-34)22-38-28-11-7-23(8-12-28)19-31-32-30(36)26-9-5-24(6-10-26)20-33-14-13-25-3-1-2-4-27(25)21-33/h1-12,19H,13-18,20-22H2,(H,32,36)/b31-19-. The monoisotopic (exact) mass is 512 g/mol. The van der Waals surface area contributed by atoms with E-state index in [0.29, 0.717) is 37.6 Å². The van der Waals surface area contributed by atoms with Crippen LogP contribution in [0.4, 0.5) is 0 Å². The number of fused-ring (bicyclic) bond motifs is 1. The van der Waals surface area contributed by atoms with Crippen molar-refractivity contribution in [3.63, 3.8) is 0 Å². The quantitative estimate of drug-likeness (QED) is 0.370. The maximum atomic E-state index is 12.5. The number of ether oxygens (including phenoxy) is 2. The topological polar surface area (TPSA) is 83.5 Å². The maximum Gasteiger partial charge on any atom is 0.271 e. The highest BCUT2D eigenvalue weighted by molar-refractivity contribution is 5.94. The molecule has 2 heterocycles. The first kappa shape index (κ1) is 25.6. The lowest BCUT2D eigenvalue weighted by molar-refractivity contribution is -0.137. The lowest BCUT2D eigenvalue weighted by atomic mass is 9.99. The molecule has 3 aromatic rings. The summed E-state index contributed by atoms with van der Waals surface area (Å²) in [4.78, 5) is 28.9. The minimum atomic E-state index is -0.263. The summed E-state index contributed by atoms with van der Waals surface area (Å²) in [5.74, 6) is 0.287. The van der Waals surface area contributed by atoms with E-state index in [1.807, 2.05) is 36.4 Å². The van der Waals surface area contributed by atoms with Gasteiger partial charge in [-0.2, -0.15) is 5.10 Å². The van der Waals surface area contributed by atoms with E-state index in [9.17, 15) is 9.59 Å². The summed E-state index contributed by atoms with van der Waals surface area (Å²) in [6.07, 6.45) is 2.64. The van der Waals surface area contributed by atoms with Crippen LogP contribution in [0.2, 0.25) is 0 Å². The van der Waals surface area contributed by atoms with Gasteiger partial charge < -0.3 is 14.4 Å². The summed E-state index contributed by atoms with van der Waals surface area (Å²) in [6.45, 7) is 5.17. The molecule has 2 aliphatic rings. The van der Waals surface area contributed by atoms with E-state index in [4.69, 9.17) is 9.47 Å². The van der Waals surface area contributed by atoms with Gasteiger partial charge in [0.1, 0.15) is 5.75 Å². The first-order chi connectivity index (χ1) is 18.6. The number of hydrogen-bond donors (Lipinski definition) is 1. The van der Waals surface area contributed by atoms with Crippen molar-refractivity contribution in [2.45, 2.75) is 19.5 Å². The molecule has 5 rings (SSSR count). The van der Waals surface area contributed by atoms with Crippen molar-refractivity contribution < 1.29 is 19.1 Å². The molecule has 8 heteroatoms. The van der Waals surface area contributed by atoms with Gasteiger partial charge in [0, 0.05) is 38.3 Å². The van der Waals surface area contributed by atoms with E-state index in [1.54, 1.807) is 23.2 Å². The first-order valence-corrected chi connectivity index (χ1v) is 12.9. The fourth-order valence-electron chi connectivity index (χ4n) is 4.64. The predicted octanol–water partition coefficient (Wildman–Crippen LogP) is 3.25. The Kier molecular flexibility index (Phi) is 8.42. The van der Waals surface area contributed by atoms with Gasteiger partial charge in [0.2, 0.25) is 0 Å². The third kappa shape index (κ3) is 6.85. The molecule has 38 heavy (non-hydrogen) atoms. The van der Waals surface area contributed by atoms with E-state index < -0.39 is 0 Å². The molecule has 0 saturated carbocycles. The predicted molar refractivity (Wildman–Crippen MR) is 145 cm³/mol. The van der Waals surface area contributed by atoms with E-state index in [0.717, 1.165) is 31.6 Å². The summed E-state index contributed by atoms with van der Waals surface area (Å²) in [6, 6.07) is 23.5. The third-order valence-corrected chi connectivity index (χ3v) is 6.82. The molecule has 0 spiro atoms. The van der Waals surface area contributed by atoms with Gasteiger partial charge in [-0.25, -0.2) is 5.43 Å². The number of morpholine rings is 1. The lowest BCUT2D eigenvalue weighted by Crippen LogP contribution is -2.42. The summed E-state index contributed by atoms with van der Waals surface area (Å²) in [5.41, 5.74) is 7.96. The van der Waals surface area contributed by atoms with Crippen LogP contribution >= 0.6 is 0 Å². The van der Waals surface area contributed by atoms with E-state index in [2.05, 4.69) is 39.7 Å². The molecule has 8 nitrogen and oxygen atoms in total. The molecule has 0 unspecified atom stereocenters. The average molecular weight is 513 g/mol. The molecule has 3 aromatic carbocycles. The zero-order valence-corrected chi connectivity index (χ0v) is 21.3. The van der Waals surface area contributed by atoms with E-state index in [-0.39, 0.29) is 18.4 Å². The Morgan fingerprint density at radius 1 is 0.921 bits per heavy atom. The average Bonchev–Trinajstić information content (AvgIpc) is 2.97. The molecule has 2 aliphatic heterocycles. The third-order valence-electron chi connectivity index (χ3n) is 6.82. The highest BCUT2D eigenvalue weighted by Gasteiger charge is 2.17. The number of hydrazone groups is 1. The summed E-state index contributed by atoms with van der Waals surface area (Å²) in [5, 5.41) is 4.07. The second-order valence-corrected chi connectivity index (χ2v) is 9.48. The summed E-state index contributed by atoms with van der Waals surface area (Å²) in [7, 11) is 0. The minimum Gasteiger partial charge on any atom is -0.484 e. The number of rotatable bonds is 8. The van der Waals surface area contributed by atoms with Crippen LogP contribution in [0, 0.1) is 0 Å². The molecule has 196 valence electrons. The fourth-order valence-corrected chi connectivity index (χ4v) is 4.64. The molecule has 0 aliphatic carbocycles. The Morgan fingerprint density at radius 2 is 1.66 bits per heavy atom. The molecule has 0 bridgehead atoms. The first-order valence-electron chi connectivity index (χ1n) is 12.9. The Bertz CT molecular complexity index is 1270. The molecule has 1 N–H and O–H groups in total. The molecule has 0 aromatic heterocycles. The molecule has 0 atom stereocenters. The zero-order valence-electron chi connectivity index (χ0n) is 21.3. The van der Waals surface area contributed by atoms with Crippen molar-refractivity contribution in [2.75, 3.05) is 39.5 Å². The summed E-state index contributed by atoms with van der Waals surface area (Å²) < 4.78 is 10.9. The zero-order chi connectivity index (χ0) is 26.2. The van der Waals surface area contributed by atoms with Gasteiger partial charge in [-0.05, 0) is 65.1 Å². The van der Waals surface area contributed by atoms with Crippen LogP contribution in [0.3, 0.4) is 0 Å². The number of nitrogens with zero attached hydrogens (tertiary/aromatic N) is 3. The number of carbonyl (C=O) groups excluding carboxylic acids is 2. The Labute approximate surface area is 222 Å². The summed E-state index contributed by atoms with van der Waals surface area (Å²) >= 11 is 0. The van der Waals surface area contributed by atoms with Crippen LogP contribution in [0.25, 0.3) is 0 Å². The number of nitrogens with one attached hydrogen (secondary N) is 1. The highest BCUT2D eigenvalue weighted by atomic mass is 16.5. The molecule has 2 amide bonds. The Balaban J connectivity index is 1.06. The van der Waals surface area contributed by atoms with Crippen LogP contribution in [0.1, 0.15) is 32.6 Å². The van der Waals surface area contributed by atoms with Crippen LogP contribution < -0.4 is 10.2 Å². The Morgan fingerprint density at radius 3 is 2.42 bits per heavy atom. The smallest absolute Gasteiger partial charge is 0.271 e. The Hall–Kier alpha value is -4.01. The lowest BCUT2D eigenvalue weighted by Gasteiger charge is -2.28. The van der Waals surface area contributed by atoms with Gasteiger partial charge in [-0.15, -0.1) is 0 Å². The van der Waals surface area contributed by atoms with Crippen molar-refractivity contribution in [1.29, 1.82) is 0 Å². The van der Waals surface area contributed by atoms with Gasteiger partial charge in [0.15, 0.2) is 6.61 Å². The van der Waals surface area contributed by atoms with E-state index in [1.165, 1.54) is 16.7 Å². The SMILES string of the molecule is O=C(N/N=C\c1ccc(OCC(=O)N2CCOCC2)cc1)c1ccc(CN2CCc3ccccc3C2)cc1. The highest BCUT2D eigenvalue weighted by Crippen LogP contribution is 2.20.